The molecule has 0 spiro atoms. The van der Waals surface area contributed by atoms with E-state index in [2.05, 4.69) is 3.53 Å². The molecule has 0 aromatic carbocycles. The number of hydrogen-bond acceptors (Lipinski definition) is 4. The van der Waals surface area contributed by atoms with Gasteiger partial charge in [0.05, 0.1) is 28.1 Å². The molecule has 0 aromatic heterocycles. The zero-order valence-corrected chi connectivity index (χ0v) is 14.4. The SMILES string of the molecule is CSC1CC(=O)N(CC2CCC(C(=O)NI)CC2)C1=O. The van der Waals surface area contributed by atoms with E-state index in [4.69, 9.17) is 0 Å². The molecular formula is C13H19IN2O3S. The highest BCUT2D eigenvalue weighted by Gasteiger charge is 2.39. The molecule has 5 nitrogen and oxygen atoms in total. The van der Waals surface area contributed by atoms with Gasteiger partial charge < -0.3 is 0 Å². The molecule has 1 aliphatic carbocycles. The molecule has 3 amide bonds. The third-order valence-electron chi connectivity index (χ3n) is 4.24. The molecule has 2 fully saturated rings. The summed E-state index contributed by atoms with van der Waals surface area (Å²) in [7, 11) is 0. The van der Waals surface area contributed by atoms with E-state index >= 15 is 0 Å². The molecule has 7 heteroatoms. The van der Waals surface area contributed by atoms with Crippen LogP contribution in [0.4, 0.5) is 0 Å². The van der Waals surface area contributed by atoms with Crippen molar-refractivity contribution in [2.75, 3.05) is 12.8 Å². The summed E-state index contributed by atoms with van der Waals surface area (Å²) >= 11 is 3.33. The Bertz CT molecular complexity index is 410. The van der Waals surface area contributed by atoms with Crippen LogP contribution in [0.5, 0.6) is 0 Å². The maximum absolute atomic E-state index is 12.1. The first-order chi connectivity index (χ1) is 9.56. The summed E-state index contributed by atoms with van der Waals surface area (Å²) in [6.45, 7) is 0.535. The van der Waals surface area contributed by atoms with Crippen molar-refractivity contribution in [1.29, 1.82) is 0 Å². The fourth-order valence-electron chi connectivity index (χ4n) is 2.97. The highest BCUT2D eigenvalue weighted by Crippen LogP contribution is 2.32. The van der Waals surface area contributed by atoms with Crippen LogP contribution in [-0.4, -0.2) is 40.7 Å². The molecule has 1 aliphatic heterocycles. The van der Waals surface area contributed by atoms with E-state index in [0.717, 1.165) is 25.7 Å². The molecule has 0 bridgehead atoms. The topological polar surface area (TPSA) is 66.5 Å². The Hall–Kier alpha value is -0.310. The Balaban J connectivity index is 1.85. The number of hydrogen-bond donors (Lipinski definition) is 1. The normalized spacial score (nSPS) is 30.7. The van der Waals surface area contributed by atoms with Crippen molar-refractivity contribution >= 4 is 52.3 Å². The van der Waals surface area contributed by atoms with Gasteiger partial charge in [0.25, 0.3) is 0 Å². The first-order valence-corrected chi connectivity index (χ1v) is 9.21. The van der Waals surface area contributed by atoms with Gasteiger partial charge in [-0.05, 0) is 37.9 Å². The standard InChI is InChI=1S/C13H19IN2O3S/c1-20-10-6-11(17)16(13(10)19)7-8-2-4-9(5-3-8)12(18)15-14/h8-10H,2-7H2,1H3,(H,15,18). The highest BCUT2D eigenvalue weighted by molar-refractivity contribution is 14.1. The van der Waals surface area contributed by atoms with E-state index in [1.54, 1.807) is 0 Å². The number of carbonyl (C=O) groups is 3. The van der Waals surface area contributed by atoms with Gasteiger partial charge in [0, 0.05) is 18.9 Å². The molecule has 112 valence electrons. The molecule has 0 radical (unpaired) electrons. The minimum Gasteiger partial charge on any atom is -0.299 e. The summed E-state index contributed by atoms with van der Waals surface area (Å²) < 4.78 is 2.66. The molecule has 1 saturated carbocycles. The number of halogens is 1. The Morgan fingerprint density at radius 2 is 2.00 bits per heavy atom. The fourth-order valence-corrected chi connectivity index (χ4v) is 4.05. The largest absolute Gasteiger partial charge is 0.299 e. The fraction of sp³-hybridized carbons (Fsp3) is 0.769. The molecule has 2 aliphatic rings. The predicted molar refractivity (Wildman–Crippen MR) is 86.3 cm³/mol. The number of nitrogens with one attached hydrogen (secondary N) is 1. The van der Waals surface area contributed by atoms with Crippen LogP contribution in [0, 0.1) is 11.8 Å². The summed E-state index contributed by atoms with van der Waals surface area (Å²) in [4.78, 5) is 36.9. The van der Waals surface area contributed by atoms with Crippen molar-refractivity contribution in [2.24, 2.45) is 11.8 Å². The second-order valence-electron chi connectivity index (χ2n) is 5.45. The average molecular weight is 410 g/mol. The molecule has 0 aromatic rings. The van der Waals surface area contributed by atoms with E-state index < -0.39 is 0 Å². The van der Waals surface area contributed by atoms with Gasteiger partial charge >= 0.3 is 0 Å². The molecule has 20 heavy (non-hydrogen) atoms. The van der Waals surface area contributed by atoms with Gasteiger partial charge in [-0.25, -0.2) is 0 Å². The highest BCUT2D eigenvalue weighted by atomic mass is 127. The van der Waals surface area contributed by atoms with Crippen molar-refractivity contribution in [3.8, 4) is 0 Å². The lowest BCUT2D eigenvalue weighted by molar-refractivity contribution is -0.139. The monoisotopic (exact) mass is 410 g/mol. The van der Waals surface area contributed by atoms with Crippen LogP contribution in [0.15, 0.2) is 0 Å². The minimum absolute atomic E-state index is 0.0328. The van der Waals surface area contributed by atoms with Gasteiger partial charge in [-0.1, -0.05) is 0 Å². The molecule has 2 rings (SSSR count). The molecule has 1 heterocycles. The van der Waals surface area contributed by atoms with Crippen LogP contribution in [0.25, 0.3) is 0 Å². The van der Waals surface area contributed by atoms with Crippen LogP contribution < -0.4 is 3.53 Å². The van der Waals surface area contributed by atoms with E-state index in [1.807, 2.05) is 29.1 Å². The number of amides is 3. The van der Waals surface area contributed by atoms with Gasteiger partial charge in [-0.15, -0.1) is 0 Å². The lowest BCUT2D eigenvalue weighted by atomic mass is 9.81. The molecule has 1 atom stereocenters. The maximum Gasteiger partial charge on any atom is 0.242 e. The van der Waals surface area contributed by atoms with Crippen molar-refractivity contribution in [1.82, 2.24) is 8.43 Å². The third kappa shape index (κ3) is 3.47. The lowest BCUT2D eigenvalue weighted by Crippen LogP contribution is -2.38. The number of likely N-dealkylation sites (tertiary alicyclic amines) is 1. The smallest absolute Gasteiger partial charge is 0.242 e. The van der Waals surface area contributed by atoms with Crippen molar-refractivity contribution in [3.63, 3.8) is 0 Å². The summed E-state index contributed by atoms with van der Waals surface area (Å²) in [6, 6.07) is 0. The molecule has 1 unspecified atom stereocenters. The van der Waals surface area contributed by atoms with Crippen molar-refractivity contribution in [3.05, 3.63) is 0 Å². The average Bonchev–Trinajstić information content (AvgIpc) is 2.74. The van der Waals surface area contributed by atoms with E-state index in [1.165, 1.54) is 16.7 Å². The van der Waals surface area contributed by atoms with Gasteiger partial charge in [0.15, 0.2) is 0 Å². The van der Waals surface area contributed by atoms with Gasteiger partial charge in [-0.2, -0.15) is 11.8 Å². The quantitative estimate of drug-likeness (QED) is 0.436. The van der Waals surface area contributed by atoms with Crippen LogP contribution in [-0.2, 0) is 14.4 Å². The van der Waals surface area contributed by atoms with Gasteiger partial charge in [0.2, 0.25) is 17.7 Å². The van der Waals surface area contributed by atoms with E-state index in [0.29, 0.717) is 18.9 Å². The third-order valence-corrected chi connectivity index (χ3v) is 5.71. The zero-order valence-electron chi connectivity index (χ0n) is 11.4. The van der Waals surface area contributed by atoms with E-state index in [-0.39, 0.29) is 28.9 Å². The predicted octanol–water partition coefficient (Wildman–Crippen LogP) is 1.75. The summed E-state index contributed by atoms with van der Waals surface area (Å²) in [5.41, 5.74) is 0. The molecule has 1 saturated heterocycles. The summed E-state index contributed by atoms with van der Waals surface area (Å²) in [5.74, 6) is 0.463. The first-order valence-electron chi connectivity index (χ1n) is 6.84. The van der Waals surface area contributed by atoms with Crippen molar-refractivity contribution in [2.45, 2.75) is 37.4 Å². The summed E-state index contributed by atoms with van der Waals surface area (Å²) in [5, 5.41) is -0.191. The number of carbonyl (C=O) groups excluding carboxylic acids is 3. The Kier molecular flexibility index (Phi) is 5.71. The number of imide groups is 1. The second-order valence-corrected chi connectivity index (χ2v) is 7.03. The second kappa shape index (κ2) is 7.11. The van der Waals surface area contributed by atoms with Crippen LogP contribution in [0.3, 0.4) is 0 Å². The van der Waals surface area contributed by atoms with Gasteiger partial charge in [-0.3, -0.25) is 22.8 Å². The number of thioether (sulfide) groups is 1. The van der Waals surface area contributed by atoms with Crippen LogP contribution >= 0.6 is 34.6 Å². The zero-order chi connectivity index (χ0) is 14.7. The Labute approximate surface area is 137 Å². The van der Waals surface area contributed by atoms with Crippen molar-refractivity contribution < 1.29 is 14.4 Å². The first kappa shape index (κ1) is 16.1. The number of nitrogens with zero attached hydrogens (tertiary/aromatic N) is 1. The number of rotatable bonds is 4. The summed E-state index contributed by atoms with van der Waals surface area (Å²) in [6.07, 6.45) is 5.73. The minimum atomic E-state index is -0.191. The maximum atomic E-state index is 12.1. The van der Waals surface area contributed by atoms with Gasteiger partial charge in [0.1, 0.15) is 0 Å². The van der Waals surface area contributed by atoms with E-state index in [9.17, 15) is 14.4 Å². The van der Waals surface area contributed by atoms with Crippen LogP contribution in [0.2, 0.25) is 0 Å². The molecular weight excluding hydrogens is 391 g/mol. The molecule has 1 N–H and O–H groups in total. The lowest BCUT2D eigenvalue weighted by Gasteiger charge is -2.29. The Morgan fingerprint density at radius 1 is 1.35 bits per heavy atom. The Morgan fingerprint density at radius 3 is 2.50 bits per heavy atom. The van der Waals surface area contributed by atoms with Crippen LogP contribution in [0.1, 0.15) is 32.1 Å².